The highest BCUT2D eigenvalue weighted by atomic mass is 35.5. The minimum Gasteiger partial charge on any atom is -0.466 e. The fourth-order valence-corrected chi connectivity index (χ4v) is 10.2. The Morgan fingerprint density at radius 3 is 1.99 bits per heavy atom. The van der Waals surface area contributed by atoms with Crippen LogP contribution in [0, 0.1) is 6.92 Å². The highest BCUT2D eigenvalue weighted by Gasteiger charge is 2.53. The van der Waals surface area contributed by atoms with Crippen molar-refractivity contribution >= 4 is 46.3 Å². The monoisotopic (exact) mass is 944 g/mol. The SMILES string of the molecule is CCCCCCCCCCCCCCOC(=O)CCC(=O)Nc1ccc(-c2nc3n(n2)N=C(C)C3(Cl)N(c2ccc(N(CC)CC)cc2C)C(CC2c3ccccc3-c3ccccc32)OO)cc1. The minimum absolute atomic E-state index is 0.0203. The van der Waals surface area contributed by atoms with Gasteiger partial charge in [0.1, 0.15) is 0 Å². The predicted octanol–water partition coefficient (Wildman–Crippen LogP) is 13.2. The Morgan fingerprint density at radius 1 is 0.794 bits per heavy atom. The minimum atomic E-state index is -1.53. The van der Waals surface area contributed by atoms with Gasteiger partial charge in [0.25, 0.3) is 0 Å². The first-order valence-electron chi connectivity index (χ1n) is 25.0. The number of hydrogen-bond donors (Lipinski definition) is 2. The number of hydrogen-bond acceptors (Lipinski definition) is 10. The Labute approximate surface area is 408 Å². The number of aryl methyl sites for hydroxylation is 1. The fourth-order valence-electron chi connectivity index (χ4n) is 9.82. The molecule has 0 fully saturated rings. The second-order valence-electron chi connectivity index (χ2n) is 18.2. The summed E-state index contributed by atoms with van der Waals surface area (Å²) in [7, 11) is 0. The lowest BCUT2D eigenvalue weighted by atomic mass is 9.91. The van der Waals surface area contributed by atoms with Crippen LogP contribution >= 0.6 is 11.6 Å². The third-order valence-electron chi connectivity index (χ3n) is 13.6. The number of halogens is 1. The van der Waals surface area contributed by atoms with Gasteiger partial charge < -0.3 is 19.9 Å². The number of unbranched alkanes of at least 4 members (excludes halogenated alkanes) is 11. The molecule has 2 heterocycles. The summed E-state index contributed by atoms with van der Waals surface area (Å²) < 4.78 is 5.41. The lowest BCUT2D eigenvalue weighted by Crippen LogP contribution is -2.53. The first-order valence-corrected chi connectivity index (χ1v) is 25.4. The molecule has 13 heteroatoms. The molecule has 0 radical (unpaired) electrons. The van der Waals surface area contributed by atoms with E-state index < -0.39 is 11.2 Å². The van der Waals surface area contributed by atoms with Gasteiger partial charge in [0.05, 0.1) is 18.7 Å². The number of esters is 1. The molecule has 0 spiro atoms. The van der Waals surface area contributed by atoms with Crippen molar-refractivity contribution in [2.24, 2.45) is 5.10 Å². The number of rotatable bonds is 27. The van der Waals surface area contributed by atoms with Crippen molar-refractivity contribution in [2.45, 2.75) is 148 Å². The van der Waals surface area contributed by atoms with E-state index in [1.165, 1.54) is 62.6 Å². The first kappa shape index (κ1) is 50.3. The largest absolute Gasteiger partial charge is 0.466 e. The number of nitrogens with one attached hydrogen (secondary N) is 1. The average Bonchev–Trinajstić information content (AvgIpc) is 3.99. The average molecular weight is 945 g/mol. The lowest BCUT2D eigenvalue weighted by Gasteiger charge is -2.42. The number of alkyl halides is 1. The summed E-state index contributed by atoms with van der Waals surface area (Å²) in [6.07, 6.45) is 14.4. The molecular weight excluding hydrogens is 874 g/mol. The van der Waals surface area contributed by atoms with E-state index in [9.17, 15) is 14.8 Å². The van der Waals surface area contributed by atoms with Gasteiger partial charge in [-0.3, -0.25) is 9.59 Å². The van der Waals surface area contributed by atoms with Crippen molar-refractivity contribution in [1.29, 1.82) is 0 Å². The van der Waals surface area contributed by atoms with Crippen molar-refractivity contribution in [3.05, 3.63) is 114 Å². The van der Waals surface area contributed by atoms with Crippen LogP contribution in [0.15, 0.2) is 96.1 Å². The Hall–Kier alpha value is -5.56. The summed E-state index contributed by atoms with van der Waals surface area (Å²) in [6.45, 7) is 12.5. The number of carbonyl (C=O) groups is 2. The van der Waals surface area contributed by atoms with Gasteiger partial charge in [-0.25, -0.2) is 15.1 Å². The molecule has 4 aromatic carbocycles. The number of carbonyl (C=O) groups excluding carboxylic acids is 2. The Kier molecular flexibility index (Phi) is 17.9. The third-order valence-corrected chi connectivity index (χ3v) is 14.2. The zero-order chi connectivity index (χ0) is 48.0. The molecule has 362 valence electrons. The summed E-state index contributed by atoms with van der Waals surface area (Å²) >= 11 is 7.95. The van der Waals surface area contributed by atoms with Gasteiger partial charge in [-0.05, 0) is 104 Å². The van der Waals surface area contributed by atoms with Crippen LogP contribution in [-0.4, -0.2) is 63.6 Å². The van der Waals surface area contributed by atoms with Crippen LogP contribution in [0.3, 0.4) is 0 Å². The van der Waals surface area contributed by atoms with Crippen molar-refractivity contribution in [2.75, 3.05) is 34.8 Å². The first-order chi connectivity index (χ1) is 33.1. The molecule has 1 aromatic heterocycles. The van der Waals surface area contributed by atoms with Gasteiger partial charge in [-0.15, -0.1) is 9.89 Å². The maximum absolute atomic E-state index is 12.8. The van der Waals surface area contributed by atoms with Crippen molar-refractivity contribution < 1.29 is 24.5 Å². The normalized spacial score (nSPS) is 15.4. The van der Waals surface area contributed by atoms with Crippen molar-refractivity contribution in [3.63, 3.8) is 0 Å². The summed E-state index contributed by atoms with van der Waals surface area (Å²) in [4.78, 5) is 39.9. The van der Waals surface area contributed by atoms with E-state index in [0.29, 0.717) is 41.6 Å². The predicted molar refractivity (Wildman–Crippen MR) is 274 cm³/mol. The van der Waals surface area contributed by atoms with E-state index in [4.69, 9.17) is 36.4 Å². The number of ether oxygens (including phenoxy) is 1. The maximum Gasteiger partial charge on any atom is 0.306 e. The van der Waals surface area contributed by atoms with Crippen LogP contribution in [0.1, 0.15) is 152 Å². The number of amides is 1. The van der Waals surface area contributed by atoms with Crippen molar-refractivity contribution in [1.82, 2.24) is 14.9 Å². The number of benzene rings is 4. The summed E-state index contributed by atoms with van der Waals surface area (Å²) in [5.74, 6) is -0.0183. The standard InChI is InChI=1S/C55H70ClN7O5/c1-6-9-10-11-12-13-14-15-16-17-18-23-36-67-52(65)35-34-50(64)57-42-30-28-41(29-31-42)53-58-54-55(56,40(5)59-63(54)60-53)62(49-33-32-43(37-39(49)4)61(7-2)8-3)51(68-66)38-48-46-26-21-19-24-44(46)45-25-20-22-27-47(45)48/h19-22,24-33,37,48,51,66H,6-18,23,34-36,38H2,1-5H3,(H,57,64). The molecule has 2 aliphatic rings. The van der Waals surface area contributed by atoms with Gasteiger partial charge in [0.2, 0.25) is 16.7 Å². The molecule has 0 bridgehead atoms. The van der Waals surface area contributed by atoms with E-state index in [0.717, 1.165) is 71.5 Å². The lowest BCUT2D eigenvalue weighted by molar-refractivity contribution is -0.281. The molecular formula is C55H70ClN7O5. The quantitative estimate of drug-likeness (QED) is 0.0100. The van der Waals surface area contributed by atoms with Gasteiger partial charge >= 0.3 is 5.97 Å². The zero-order valence-corrected chi connectivity index (χ0v) is 41.4. The number of aromatic nitrogens is 3. The summed E-state index contributed by atoms with van der Waals surface area (Å²) in [6, 6.07) is 30.1. The van der Waals surface area contributed by atoms with E-state index in [1.807, 2.05) is 61.2 Å². The number of fused-ring (bicyclic) bond motifs is 4. The van der Waals surface area contributed by atoms with Crippen LogP contribution in [-0.2, 0) is 24.2 Å². The molecule has 0 saturated carbocycles. The van der Waals surface area contributed by atoms with Gasteiger partial charge in [0.15, 0.2) is 12.1 Å². The Balaban J connectivity index is 1.00. The molecule has 2 unspecified atom stereocenters. The molecule has 7 rings (SSSR count). The van der Waals surface area contributed by atoms with Crippen LogP contribution in [0.25, 0.3) is 22.5 Å². The van der Waals surface area contributed by atoms with E-state index >= 15 is 0 Å². The molecule has 1 amide bonds. The molecule has 2 N–H and O–H groups in total. The fraction of sp³-hybridized carbons (Fsp3) is 0.473. The highest BCUT2D eigenvalue weighted by molar-refractivity contribution is 6.37. The molecule has 12 nitrogen and oxygen atoms in total. The van der Waals surface area contributed by atoms with Crippen molar-refractivity contribution in [3.8, 4) is 22.5 Å². The van der Waals surface area contributed by atoms with Gasteiger partial charge in [-0.2, -0.15) is 5.10 Å². The third kappa shape index (κ3) is 11.6. The second kappa shape index (κ2) is 24.1. The molecule has 1 aliphatic heterocycles. The zero-order valence-electron chi connectivity index (χ0n) is 40.7. The molecule has 2 atom stereocenters. The van der Waals surface area contributed by atoms with Gasteiger partial charge in [-0.1, -0.05) is 138 Å². The number of anilines is 3. The maximum atomic E-state index is 12.8. The van der Waals surface area contributed by atoms with Crippen LogP contribution < -0.4 is 15.1 Å². The van der Waals surface area contributed by atoms with Crippen LogP contribution in [0.5, 0.6) is 0 Å². The number of nitrogens with zero attached hydrogens (tertiary/aromatic N) is 6. The second-order valence-corrected chi connectivity index (χ2v) is 18.8. The Morgan fingerprint density at radius 2 is 1.40 bits per heavy atom. The highest BCUT2D eigenvalue weighted by Crippen LogP contribution is 2.50. The van der Waals surface area contributed by atoms with E-state index in [-0.39, 0.29) is 30.6 Å². The molecule has 0 saturated heterocycles. The van der Waals surface area contributed by atoms with E-state index in [2.05, 4.69) is 67.4 Å². The Bertz CT molecular complexity index is 2440. The topological polar surface area (TPSA) is 134 Å². The summed E-state index contributed by atoms with van der Waals surface area (Å²) in [5, 5.41) is 23.5. The molecule has 1 aliphatic carbocycles. The smallest absolute Gasteiger partial charge is 0.306 e. The summed E-state index contributed by atoms with van der Waals surface area (Å²) in [5.41, 5.74) is 9.13. The molecule has 68 heavy (non-hydrogen) atoms. The van der Waals surface area contributed by atoms with Crippen LogP contribution in [0.4, 0.5) is 17.1 Å². The van der Waals surface area contributed by atoms with Crippen LogP contribution in [0.2, 0.25) is 0 Å². The molecule has 5 aromatic rings. The van der Waals surface area contributed by atoms with Gasteiger partial charge in [0, 0.05) is 54.5 Å². The van der Waals surface area contributed by atoms with E-state index in [1.54, 1.807) is 12.1 Å².